The molecule has 0 bridgehead atoms. The number of aromatic nitrogens is 1. The molecule has 1 aromatic carbocycles. The molecule has 1 saturated heterocycles. The largest absolute Gasteiger partial charge is 0.370 e. The van der Waals surface area contributed by atoms with Crippen molar-refractivity contribution in [3.05, 3.63) is 47.7 Å². The average molecular weight is 273 g/mol. The highest BCUT2D eigenvalue weighted by Gasteiger charge is 2.16. The van der Waals surface area contributed by atoms with Gasteiger partial charge in [-0.2, -0.15) is 0 Å². The smallest absolute Gasteiger partial charge is 0.129 e. The number of halogens is 1. The fourth-order valence-corrected chi connectivity index (χ4v) is 2.82. The molecule has 0 aliphatic carbocycles. The van der Waals surface area contributed by atoms with Gasteiger partial charge in [0.1, 0.15) is 5.15 Å². The summed E-state index contributed by atoms with van der Waals surface area (Å²) < 4.78 is 0. The lowest BCUT2D eigenvalue weighted by Crippen LogP contribution is -2.29. The highest BCUT2D eigenvalue weighted by atomic mass is 35.5. The summed E-state index contributed by atoms with van der Waals surface area (Å²) in [4.78, 5) is 6.69. The van der Waals surface area contributed by atoms with Crippen molar-refractivity contribution in [3.63, 3.8) is 0 Å². The predicted molar refractivity (Wildman–Crippen MR) is 80.7 cm³/mol. The molecule has 1 aromatic heterocycles. The molecular formula is C16H17ClN2. The normalized spacial score (nSPS) is 15.5. The minimum absolute atomic E-state index is 0.555. The third-order valence-electron chi connectivity index (χ3n) is 3.63. The zero-order valence-electron chi connectivity index (χ0n) is 10.8. The number of pyridine rings is 1. The number of hydrogen-bond donors (Lipinski definition) is 0. The first kappa shape index (κ1) is 12.5. The zero-order valence-corrected chi connectivity index (χ0v) is 11.6. The van der Waals surface area contributed by atoms with Crippen LogP contribution in [0, 0.1) is 0 Å². The number of hydrogen-bond acceptors (Lipinski definition) is 2. The van der Waals surface area contributed by atoms with Crippen LogP contribution in [-0.4, -0.2) is 18.1 Å². The number of benzene rings is 1. The molecule has 0 radical (unpaired) electrons. The molecular weight excluding hydrogens is 256 g/mol. The minimum Gasteiger partial charge on any atom is -0.370 e. The van der Waals surface area contributed by atoms with E-state index in [1.54, 1.807) is 0 Å². The van der Waals surface area contributed by atoms with E-state index in [1.807, 2.05) is 18.3 Å². The van der Waals surface area contributed by atoms with Crippen molar-refractivity contribution < 1.29 is 0 Å². The van der Waals surface area contributed by atoms with E-state index in [1.165, 1.54) is 36.1 Å². The van der Waals surface area contributed by atoms with Crippen LogP contribution in [0.5, 0.6) is 0 Å². The molecule has 0 unspecified atom stereocenters. The van der Waals surface area contributed by atoms with E-state index in [-0.39, 0.29) is 0 Å². The van der Waals surface area contributed by atoms with E-state index in [9.17, 15) is 0 Å². The lowest BCUT2D eigenvalue weighted by atomic mass is 10.0. The van der Waals surface area contributed by atoms with Gasteiger partial charge in [0.25, 0.3) is 0 Å². The summed E-state index contributed by atoms with van der Waals surface area (Å²) in [5, 5.41) is 0.555. The summed E-state index contributed by atoms with van der Waals surface area (Å²) in [5.74, 6) is 0. The molecule has 2 heterocycles. The van der Waals surface area contributed by atoms with Crippen LogP contribution in [0.4, 0.5) is 5.69 Å². The van der Waals surface area contributed by atoms with Crippen molar-refractivity contribution >= 4 is 17.3 Å². The molecule has 0 amide bonds. The molecule has 0 saturated carbocycles. The van der Waals surface area contributed by atoms with E-state index in [0.29, 0.717) is 5.15 Å². The summed E-state index contributed by atoms with van der Waals surface area (Å²) >= 11 is 6.08. The molecule has 2 aromatic rings. The van der Waals surface area contributed by atoms with Crippen molar-refractivity contribution in [2.24, 2.45) is 0 Å². The highest BCUT2D eigenvalue weighted by Crippen LogP contribution is 2.33. The van der Waals surface area contributed by atoms with E-state index in [2.05, 4.69) is 34.1 Å². The van der Waals surface area contributed by atoms with Crippen LogP contribution < -0.4 is 4.90 Å². The standard InChI is InChI=1S/C16H17ClN2/c17-16-11-14(13-7-3-1-4-8-13)15(12-18-16)19-9-5-2-6-10-19/h1,3-4,7-8,11-12H,2,5-6,9-10H2. The maximum Gasteiger partial charge on any atom is 0.129 e. The Bertz CT molecular complexity index is 548. The van der Waals surface area contributed by atoms with E-state index in [4.69, 9.17) is 11.6 Å². The lowest BCUT2D eigenvalue weighted by Gasteiger charge is -2.30. The second-order valence-corrected chi connectivity index (χ2v) is 5.33. The number of piperidine rings is 1. The van der Waals surface area contributed by atoms with Crippen molar-refractivity contribution in [3.8, 4) is 11.1 Å². The Hall–Kier alpha value is -1.54. The van der Waals surface area contributed by atoms with E-state index < -0.39 is 0 Å². The van der Waals surface area contributed by atoms with Gasteiger partial charge >= 0.3 is 0 Å². The molecule has 1 fully saturated rings. The molecule has 0 spiro atoms. The fourth-order valence-electron chi connectivity index (χ4n) is 2.66. The summed E-state index contributed by atoms with van der Waals surface area (Å²) in [6.07, 6.45) is 5.77. The van der Waals surface area contributed by atoms with E-state index >= 15 is 0 Å². The minimum atomic E-state index is 0.555. The zero-order chi connectivity index (χ0) is 13.1. The predicted octanol–water partition coefficient (Wildman–Crippen LogP) is 4.39. The summed E-state index contributed by atoms with van der Waals surface area (Å²) in [7, 11) is 0. The second-order valence-electron chi connectivity index (χ2n) is 4.94. The monoisotopic (exact) mass is 272 g/mol. The SMILES string of the molecule is Clc1cc(-c2ccccc2)c(N2CCCCC2)cn1. The first-order chi connectivity index (χ1) is 9.34. The highest BCUT2D eigenvalue weighted by molar-refractivity contribution is 6.29. The maximum atomic E-state index is 6.08. The maximum absolute atomic E-state index is 6.08. The van der Waals surface area contributed by atoms with Gasteiger partial charge < -0.3 is 4.90 Å². The Kier molecular flexibility index (Phi) is 3.69. The van der Waals surface area contributed by atoms with Crippen LogP contribution in [0.25, 0.3) is 11.1 Å². The van der Waals surface area contributed by atoms with Crippen molar-refractivity contribution in [2.45, 2.75) is 19.3 Å². The molecule has 19 heavy (non-hydrogen) atoms. The van der Waals surface area contributed by atoms with Crippen LogP contribution in [0.1, 0.15) is 19.3 Å². The van der Waals surface area contributed by atoms with Gasteiger partial charge in [-0.25, -0.2) is 4.98 Å². The molecule has 2 nitrogen and oxygen atoms in total. The van der Waals surface area contributed by atoms with Gasteiger partial charge in [-0.15, -0.1) is 0 Å². The quantitative estimate of drug-likeness (QED) is 0.754. The number of nitrogens with zero attached hydrogens (tertiary/aromatic N) is 2. The summed E-state index contributed by atoms with van der Waals surface area (Å²) in [6, 6.07) is 12.4. The average Bonchev–Trinajstić information content (AvgIpc) is 2.49. The van der Waals surface area contributed by atoms with Gasteiger partial charge in [0.05, 0.1) is 11.9 Å². The van der Waals surface area contributed by atoms with Gasteiger partial charge in [-0.3, -0.25) is 0 Å². The van der Waals surface area contributed by atoms with Gasteiger partial charge in [-0.1, -0.05) is 41.9 Å². The Morgan fingerprint density at radius 2 is 1.74 bits per heavy atom. The molecule has 3 heteroatoms. The van der Waals surface area contributed by atoms with E-state index in [0.717, 1.165) is 13.1 Å². The molecule has 1 aliphatic heterocycles. The lowest BCUT2D eigenvalue weighted by molar-refractivity contribution is 0.577. The topological polar surface area (TPSA) is 16.1 Å². The number of anilines is 1. The molecule has 1 aliphatic rings. The van der Waals surface area contributed by atoms with Gasteiger partial charge in [0.15, 0.2) is 0 Å². The van der Waals surface area contributed by atoms with Crippen LogP contribution in [-0.2, 0) is 0 Å². The fraction of sp³-hybridized carbons (Fsp3) is 0.312. The van der Waals surface area contributed by atoms with Crippen LogP contribution >= 0.6 is 11.6 Å². The molecule has 3 rings (SSSR count). The Morgan fingerprint density at radius 3 is 2.47 bits per heavy atom. The summed E-state index contributed by atoms with van der Waals surface area (Å²) in [6.45, 7) is 2.23. The van der Waals surface area contributed by atoms with Crippen molar-refractivity contribution in [1.29, 1.82) is 0 Å². The third kappa shape index (κ3) is 2.74. The first-order valence-electron chi connectivity index (χ1n) is 6.80. The Labute approximate surface area is 119 Å². The molecule has 98 valence electrons. The van der Waals surface area contributed by atoms with Crippen molar-refractivity contribution in [2.75, 3.05) is 18.0 Å². The summed E-state index contributed by atoms with van der Waals surface area (Å²) in [5.41, 5.74) is 3.59. The van der Waals surface area contributed by atoms with Gasteiger partial charge in [-0.05, 0) is 30.9 Å². The Morgan fingerprint density at radius 1 is 1.00 bits per heavy atom. The molecule has 0 N–H and O–H groups in total. The van der Waals surface area contributed by atoms with Gasteiger partial charge in [0.2, 0.25) is 0 Å². The van der Waals surface area contributed by atoms with Gasteiger partial charge in [0, 0.05) is 18.7 Å². The second kappa shape index (κ2) is 5.62. The van der Waals surface area contributed by atoms with Crippen LogP contribution in [0.3, 0.4) is 0 Å². The Balaban J connectivity index is 2.04. The van der Waals surface area contributed by atoms with Crippen LogP contribution in [0.15, 0.2) is 42.6 Å². The first-order valence-corrected chi connectivity index (χ1v) is 7.18. The number of rotatable bonds is 2. The molecule has 0 atom stereocenters. The van der Waals surface area contributed by atoms with Crippen molar-refractivity contribution in [1.82, 2.24) is 4.98 Å². The van der Waals surface area contributed by atoms with Crippen LogP contribution in [0.2, 0.25) is 5.15 Å². The third-order valence-corrected chi connectivity index (χ3v) is 3.84.